The molecule has 1 aromatic heterocycles. The second-order valence-corrected chi connectivity index (χ2v) is 5.83. The Labute approximate surface area is 115 Å². The van der Waals surface area contributed by atoms with E-state index < -0.39 is 0 Å². The number of aromatic nitrogens is 1. The molecule has 1 atom stereocenters. The third-order valence-electron chi connectivity index (χ3n) is 4.23. The molecule has 4 nitrogen and oxygen atoms in total. The van der Waals surface area contributed by atoms with Gasteiger partial charge in [-0.25, -0.2) is 4.98 Å². The molecule has 0 saturated heterocycles. The highest BCUT2D eigenvalue weighted by Crippen LogP contribution is 2.28. The number of hydrogen-bond donors (Lipinski definition) is 2. The Morgan fingerprint density at radius 1 is 1.37 bits per heavy atom. The molecule has 3 N–H and O–H groups in total. The second kappa shape index (κ2) is 5.19. The number of nitrogen functional groups attached to an aromatic ring is 1. The first kappa shape index (κ1) is 13.8. The molecule has 0 amide bonds. The van der Waals surface area contributed by atoms with Crippen molar-refractivity contribution in [3.05, 3.63) is 22.9 Å². The highest BCUT2D eigenvalue weighted by atomic mass is 15.2. The number of anilines is 1. The summed E-state index contributed by atoms with van der Waals surface area (Å²) in [6, 6.07) is 2.43. The predicted molar refractivity (Wildman–Crippen MR) is 80.0 cm³/mol. The zero-order valence-electron chi connectivity index (χ0n) is 12.3. The smallest absolute Gasteiger partial charge is 0.139 e. The monoisotopic (exact) mass is 260 g/mol. The normalized spacial score (nSPS) is 15.4. The highest BCUT2D eigenvalue weighted by Gasteiger charge is 2.23. The van der Waals surface area contributed by atoms with Crippen LogP contribution in [-0.4, -0.2) is 23.9 Å². The van der Waals surface area contributed by atoms with E-state index in [2.05, 4.69) is 31.7 Å². The van der Waals surface area contributed by atoms with Crippen molar-refractivity contribution >= 4 is 11.7 Å². The molecule has 1 unspecified atom stereocenters. The van der Waals surface area contributed by atoms with E-state index in [0.29, 0.717) is 12.0 Å². The molecule has 1 aliphatic carbocycles. The minimum Gasteiger partial charge on any atom is -0.384 e. The van der Waals surface area contributed by atoms with Gasteiger partial charge in [0.15, 0.2) is 0 Å². The van der Waals surface area contributed by atoms with Crippen LogP contribution < -0.4 is 10.6 Å². The van der Waals surface area contributed by atoms with Crippen LogP contribution in [0, 0.1) is 11.3 Å². The summed E-state index contributed by atoms with van der Waals surface area (Å²) < 4.78 is 0. The summed E-state index contributed by atoms with van der Waals surface area (Å²) in [5.74, 6) is 1.49. The van der Waals surface area contributed by atoms with Crippen molar-refractivity contribution < 1.29 is 0 Å². The summed E-state index contributed by atoms with van der Waals surface area (Å²) in [6.07, 6.45) is 3.27. The van der Waals surface area contributed by atoms with E-state index in [1.165, 1.54) is 11.3 Å². The molecule has 0 aromatic carbocycles. The zero-order valence-corrected chi connectivity index (χ0v) is 12.3. The van der Waals surface area contributed by atoms with Crippen LogP contribution in [0.25, 0.3) is 0 Å². The summed E-state index contributed by atoms with van der Waals surface area (Å²) in [5, 5.41) is 7.79. The first-order chi connectivity index (χ1) is 8.91. The van der Waals surface area contributed by atoms with Crippen molar-refractivity contribution in [1.29, 1.82) is 5.41 Å². The number of pyridine rings is 1. The lowest BCUT2D eigenvalue weighted by Crippen LogP contribution is -2.35. The van der Waals surface area contributed by atoms with E-state index in [9.17, 15) is 0 Å². The molecule has 1 aliphatic rings. The topological polar surface area (TPSA) is 66.0 Å². The molecule has 1 heterocycles. The van der Waals surface area contributed by atoms with Gasteiger partial charge in [0.05, 0.1) is 5.56 Å². The molecule has 0 radical (unpaired) electrons. The Balaban J connectivity index is 2.46. The van der Waals surface area contributed by atoms with Crippen LogP contribution in [0.1, 0.15) is 44.0 Å². The SMILES string of the molecule is CC(C)C(C)N(C)c1nc2c(cc1C(=N)N)CCC2. The quantitative estimate of drug-likeness (QED) is 0.645. The van der Waals surface area contributed by atoms with Crippen molar-refractivity contribution in [1.82, 2.24) is 4.98 Å². The van der Waals surface area contributed by atoms with E-state index in [-0.39, 0.29) is 5.84 Å². The van der Waals surface area contributed by atoms with Gasteiger partial charge in [0.2, 0.25) is 0 Å². The Bertz CT molecular complexity index is 493. The number of fused-ring (bicyclic) bond motifs is 1. The summed E-state index contributed by atoms with van der Waals surface area (Å²) in [6.45, 7) is 6.58. The van der Waals surface area contributed by atoms with Crippen molar-refractivity contribution in [2.75, 3.05) is 11.9 Å². The minimum atomic E-state index is 0.111. The van der Waals surface area contributed by atoms with Crippen molar-refractivity contribution in [3.8, 4) is 0 Å². The average Bonchev–Trinajstić information content (AvgIpc) is 2.82. The standard InChI is InChI=1S/C15H24N4/c1-9(2)10(3)19(4)15-12(14(16)17)8-11-6-5-7-13(11)18-15/h8-10H,5-7H2,1-4H3,(H3,16,17). The summed E-state index contributed by atoms with van der Waals surface area (Å²) in [4.78, 5) is 6.94. The van der Waals surface area contributed by atoms with E-state index in [1.54, 1.807) is 0 Å². The molecule has 0 spiro atoms. The first-order valence-corrected chi connectivity index (χ1v) is 7.01. The Morgan fingerprint density at radius 2 is 2.05 bits per heavy atom. The average molecular weight is 260 g/mol. The van der Waals surface area contributed by atoms with Gasteiger partial charge in [0.1, 0.15) is 11.7 Å². The fourth-order valence-corrected chi connectivity index (χ4v) is 2.57. The van der Waals surface area contributed by atoms with Crippen LogP contribution in [0.5, 0.6) is 0 Å². The number of rotatable bonds is 4. The first-order valence-electron chi connectivity index (χ1n) is 7.01. The lowest BCUT2D eigenvalue weighted by molar-refractivity contribution is 0.502. The maximum atomic E-state index is 7.79. The maximum absolute atomic E-state index is 7.79. The molecule has 1 aromatic rings. The largest absolute Gasteiger partial charge is 0.384 e. The fourth-order valence-electron chi connectivity index (χ4n) is 2.57. The molecule has 4 heteroatoms. The second-order valence-electron chi connectivity index (χ2n) is 5.83. The van der Waals surface area contributed by atoms with Gasteiger partial charge in [-0.1, -0.05) is 13.8 Å². The molecule has 104 valence electrons. The van der Waals surface area contributed by atoms with Crippen LogP contribution in [0.15, 0.2) is 6.07 Å². The van der Waals surface area contributed by atoms with Gasteiger partial charge in [0.25, 0.3) is 0 Å². The molecule has 0 fully saturated rings. The van der Waals surface area contributed by atoms with Crippen molar-refractivity contribution in [2.45, 2.75) is 46.1 Å². The number of nitrogens with zero attached hydrogens (tertiary/aromatic N) is 2. The zero-order chi connectivity index (χ0) is 14.2. The van der Waals surface area contributed by atoms with Crippen LogP contribution in [0.4, 0.5) is 5.82 Å². The minimum absolute atomic E-state index is 0.111. The third-order valence-corrected chi connectivity index (χ3v) is 4.23. The maximum Gasteiger partial charge on any atom is 0.139 e. The van der Waals surface area contributed by atoms with E-state index in [0.717, 1.165) is 30.6 Å². The number of hydrogen-bond acceptors (Lipinski definition) is 3. The number of aryl methyl sites for hydroxylation is 2. The molecule has 2 rings (SSSR count). The van der Waals surface area contributed by atoms with Crippen LogP contribution in [0.3, 0.4) is 0 Å². The predicted octanol–water partition coefficient (Wildman–Crippen LogP) is 2.34. The van der Waals surface area contributed by atoms with E-state index in [4.69, 9.17) is 16.1 Å². The van der Waals surface area contributed by atoms with Gasteiger partial charge in [-0.15, -0.1) is 0 Å². The van der Waals surface area contributed by atoms with E-state index in [1.807, 2.05) is 7.05 Å². The Kier molecular flexibility index (Phi) is 3.78. The summed E-state index contributed by atoms with van der Waals surface area (Å²) >= 11 is 0. The number of amidine groups is 1. The van der Waals surface area contributed by atoms with Gasteiger partial charge in [0, 0.05) is 18.8 Å². The van der Waals surface area contributed by atoms with Gasteiger partial charge in [-0.05, 0) is 43.7 Å². The van der Waals surface area contributed by atoms with Crippen LogP contribution in [-0.2, 0) is 12.8 Å². The lowest BCUT2D eigenvalue weighted by Gasteiger charge is -2.30. The molecule has 0 bridgehead atoms. The number of nitrogens with one attached hydrogen (secondary N) is 1. The summed E-state index contributed by atoms with van der Waals surface area (Å²) in [7, 11) is 2.04. The highest BCUT2D eigenvalue weighted by molar-refractivity contribution is 6.00. The molecule has 0 saturated carbocycles. The Hall–Kier alpha value is -1.58. The third kappa shape index (κ3) is 2.57. The van der Waals surface area contributed by atoms with E-state index >= 15 is 0 Å². The lowest BCUT2D eigenvalue weighted by atomic mass is 10.0. The van der Waals surface area contributed by atoms with Crippen LogP contribution in [0.2, 0.25) is 0 Å². The Morgan fingerprint density at radius 3 is 2.63 bits per heavy atom. The van der Waals surface area contributed by atoms with Crippen molar-refractivity contribution in [3.63, 3.8) is 0 Å². The van der Waals surface area contributed by atoms with Crippen LogP contribution >= 0.6 is 0 Å². The fraction of sp³-hybridized carbons (Fsp3) is 0.600. The number of nitrogens with two attached hydrogens (primary N) is 1. The van der Waals surface area contributed by atoms with Gasteiger partial charge < -0.3 is 10.6 Å². The summed E-state index contributed by atoms with van der Waals surface area (Å²) in [5.41, 5.74) is 8.96. The molecule has 19 heavy (non-hydrogen) atoms. The van der Waals surface area contributed by atoms with Gasteiger partial charge >= 0.3 is 0 Å². The van der Waals surface area contributed by atoms with Gasteiger partial charge in [-0.3, -0.25) is 5.41 Å². The molecular weight excluding hydrogens is 236 g/mol. The molecular formula is C15H24N4. The van der Waals surface area contributed by atoms with Crippen molar-refractivity contribution in [2.24, 2.45) is 11.7 Å². The molecule has 0 aliphatic heterocycles. The van der Waals surface area contributed by atoms with Gasteiger partial charge in [-0.2, -0.15) is 0 Å².